The van der Waals surface area contributed by atoms with Gasteiger partial charge in [0.1, 0.15) is 5.52 Å². The summed E-state index contributed by atoms with van der Waals surface area (Å²) in [5.41, 5.74) is 4.56. The molecule has 29 heavy (non-hydrogen) atoms. The Morgan fingerprint density at radius 1 is 1.07 bits per heavy atom. The molecule has 6 heteroatoms. The van der Waals surface area contributed by atoms with Gasteiger partial charge in [0.15, 0.2) is 5.58 Å². The molecule has 4 rings (SSSR count). The van der Waals surface area contributed by atoms with E-state index in [1.807, 2.05) is 60.7 Å². The SMILES string of the molecule is N#Cc1cccc(CNC(=O)c2ccccc2CSc2nc3ccccc3o2)c1. The van der Waals surface area contributed by atoms with Gasteiger partial charge in [-0.15, -0.1) is 0 Å². The number of nitriles is 1. The molecule has 0 saturated carbocycles. The number of amides is 1. The van der Waals surface area contributed by atoms with Crippen LogP contribution in [-0.2, 0) is 12.3 Å². The highest BCUT2D eigenvalue weighted by atomic mass is 32.2. The highest BCUT2D eigenvalue weighted by Gasteiger charge is 2.13. The van der Waals surface area contributed by atoms with E-state index < -0.39 is 0 Å². The topological polar surface area (TPSA) is 78.9 Å². The molecule has 0 spiro atoms. The molecule has 0 fully saturated rings. The van der Waals surface area contributed by atoms with Crippen LogP contribution in [0.25, 0.3) is 11.1 Å². The molecule has 0 saturated heterocycles. The molecule has 3 aromatic carbocycles. The molecular formula is C23H17N3O2S. The van der Waals surface area contributed by atoms with Gasteiger partial charge in [-0.1, -0.05) is 54.2 Å². The fourth-order valence-electron chi connectivity index (χ4n) is 2.95. The van der Waals surface area contributed by atoms with Gasteiger partial charge in [0.05, 0.1) is 11.6 Å². The fraction of sp³-hybridized carbons (Fsp3) is 0.0870. The van der Waals surface area contributed by atoms with Gasteiger partial charge < -0.3 is 9.73 Å². The third-order valence-electron chi connectivity index (χ3n) is 4.40. The molecule has 0 aliphatic carbocycles. The van der Waals surface area contributed by atoms with Crippen molar-refractivity contribution in [1.29, 1.82) is 5.26 Å². The van der Waals surface area contributed by atoms with Crippen molar-refractivity contribution in [2.45, 2.75) is 17.5 Å². The first-order valence-corrected chi connectivity index (χ1v) is 10.0. The lowest BCUT2D eigenvalue weighted by Gasteiger charge is -2.10. The number of thioether (sulfide) groups is 1. The van der Waals surface area contributed by atoms with Gasteiger partial charge in [0.25, 0.3) is 11.1 Å². The second kappa shape index (κ2) is 8.63. The average molecular weight is 399 g/mol. The van der Waals surface area contributed by atoms with Gasteiger partial charge in [0.2, 0.25) is 0 Å². The van der Waals surface area contributed by atoms with Crippen LogP contribution in [0.15, 0.2) is 82.4 Å². The smallest absolute Gasteiger partial charge is 0.257 e. The Kier molecular flexibility index (Phi) is 5.59. The maximum Gasteiger partial charge on any atom is 0.257 e. The normalized spacial score (nSPS) is 10.6. The van der Waals surface area contributed by atoms with E-state index in [2.05, 4.69) is 16.4 Å². The van der Waals surface area contributed by atoms with Crippen molar-refractivity contribution in [3.63, 3.8) is 0 Å². The number of aromatic nitrogens is 1. The highest BCUT2D eigenvalue weighted by Crippen LogP contribution is 2.27. The number of oxazole rings is 1. The number of rotatable bonds is 6. The molecule has 1 amide bonds. The van der Waals surface area contributed by atoms with E-state index in [9.17, 15) is 4.79 Å². The van der Waals surface area contributed by atoms with Crippen LogP contribution in [0.4, 0.5) is 0 Å². The molecule has 5 nitrogen and oxygen atoms in total. The third-order valence-corrected chi connectivity index (χ3v) is 5.27. The van der Waals surface area contributed by atoms with Crippen LogP contribution in [-0.4, -0.2) is 10.9 Å². The largest absolute Gasteiger partial charge is 0.431 e. The van der Waals surface area contributed by atoms with E-state index in [4.69, 9.17) is 9.68 Å². The number of nitrogens with one attached hydrogen (secondary N) is 1. The number of nitrogens with zero attached hydrogens (tertiary/aromatic N) is 2. The van der Waals surface area contributed by atoms with Crippen LogP contribution in [0.1, 0.15) is 27.0 Å². The van der Waals surface area contributed by atoms with E-state index in [0.29, 0.717) is 28.6 Å². The van der Waals surface area contributed by atoms with Crippen molar-refractivity contribution < 1.29 is 9.21 Å². The first-order valence-electron chi connectivity index (χ1n) is 9.06. The van der Waals surface area contributed by atoms with Gasteiger partial charge in [-0.25, -0.2) is 4.98 Å². The number of fused-ring (bicyclic) bond motifs is 1. The number of hydrogen-bond donors (Lipinski definition) is 1. The second-order valence-corrected chi connectivity index (χ2v) is 7.31. The average Bonchev–Trinajstić information content (AvgIpc) is 3.19. The minimum Gasteiger partial charge on any atom is -0.431 e. The summed E-state index contributed by atoms with van der Waals surface area (Å²) in [5.74, 6) is 0.418. The summed E-state index contributed by atoms with van der Waals surface area (Å²) in [7, 11) is 0. The van der Waals surface area contributed by atoms with E-state index in [1.165, 1.54) is 11.8 Å². The maximum atomic E-state index is 12.7. The Labute approximate surface area is 172 Å². The lowest BCUT2D eigenvalue weighted by molar-refractivity contribution is 0.0950. The summed E-state index contributed by atoms with van der Waals surface area (Å²) in [6, 6.07) is 24.4. The van der Waals surface area contributed by atoms with Crippen molar-refractivity contribution in [3.8, 4) is 6.07 Å². The van der Waals surface area contributed by atoms with Crippen LogP contribution in [0.5, 0.6) is 0 Å². The first-order chi connectivity index (χ1) is 14.2. The van der Waals surface area contributed by atoms with Gasteiger partial charge in [-0.3, -0.25) is 4.79 Å². The molecule has 142 valence electrons. The van der Waals surface area contributed by atoms with Crippen LogP contribution in [0.2, 0.25) is 0 Å². The van der Waals surface area contributed by atoms with Gasteiger partial charge in [-0.05, 0) is 41.5 Å². The molecular weight excluding hydrogens is 382 g/mol. The fourth-order valence-corrected chi connectivity index (χ4v) is 3.79. The van der Waals surface area contributed by atoms with Crippen LogP contribution in [0, 0.1) is 11.3 Å². The third kappa shape index (κ3) is 4.48. The zero-order valence-electron chi connectivity index (χ0n) is 15.5. The number of carbonyl (C=O) groups is 1. The van der Waals surface area contributed by atoms with Gasteiger partial charge in [0, 0.05) is 17.9 Å². The zero-order chi connectivity index (χ0) is 20.1. The Bertz CT molecular complexity index is 1180. The Morgan fingerprint density at radius 3 is 2.76 bits per heavy atom. The molecule has 1 heterocycles. The minimum atomic E-state index is -0.152. The lowest BCUT2D eigenvalue weighted by atomic mass is 10.1. The summed E-state index contributed by atoms with van der Waals surface area (Å²) in [6.07, 6.45) is 0. The maximum absolute atomic E-state index is 12.7. The second-order valence-electron chi connectivity index (χ2n) is 6.39. The zero-order valence-corrected chi connectivity index (χ0v) is 16.3. The highest BCUT2D eigenvalue weighted by molar-refractivity contribution is 7.98. The summed E-state index contributed by atoms with van der Waals surface area (Å²) in [6.45, 7) is 0.362. The van der Waals surface area contributed by atoms with Gasteiger partial charge in [-0.2, -0.15) is 5.26 Å². The number of para-hydroxylation sites is 2. The van der Waals surface area contributed by atoms with Gasteiger partial charge >= 0.3 is 0 Å². The molecule has 0 bridgehead atoms. The molecule has 4 aromatic rings. The molecule has 0 radical (unpaired) electrons. The summed E-state index contributed by atoms with van der Waals surface area (Å²) in [4.78, 5) is 17.2. The predicted molar refractivity (Wildman–Crippen MR) is 112 cm³/mol. The van der Waals surface area contributed by atoms with Crippen molar-refractivity contribution in [2.24, 2.45) is 0 Å². The Hall–Kier alpha value is -3.56. The number of hydrogen-bond acceptors (Lipinski definition) is 5. The molecule has 0 unspecified atom stereocenters. The molecule has 0 atom stereocenters. The standard InChI is InChI=1S/C23H17N3O2S/c24-13-16-6-5-7-17(12-16)14-25-22(27)19-9-2-1-8-18(19)15-29-23-26-20-10-3-4-11-21(20)28-23/h1-12H,14-15H2,(H,25,27). The lowest BCUT2D eigenvalue weighted by Crippen LogP contribution is -2.23. The predicted octanol–water partition coefficient (Wildman–Crippen LogP) is 4.92. The van der Waals surface area contributed by atoms with E-state index in [0.717, 1.165) is 22.2 Å². The number of benzene rings is 3. The van der Waals surface area contributed by atoms with Crippen molar-refractivity contribution >= 4 is 28.8 Å². The molecule has 0 aliphatic heterocycles. The van der Waals surface area contributed by atoms with Crippen molar-refractivity contribution in [2.75, 3.05) is 0 Å². The quantitative estimate of drug-likeness (QED) is 0.466. The van der Waals surface area contributed by atoms with E-state index in [-0.39, 0.29) is 5.91 Å². The van der Waals surface area contributed by atoms with Crippen LogP contribution in [0.3, 0.4) is 0 Å². The van der Waals surface area contributed by atoms with Crippen molar-refractivity contribution in [1.82, 2.24) is 10.3 Å². The van der Waals surface area contributed by atoms with E-state index >= 15 is 0 Å². The number of carbonyl (C=O) groups excluding carboxylic acids is 1. The molecule has 0 aliphatic rings. The Morgan fingerprint density at radius 2 is 1.90 bits per heavy atom. The molecule has 1 aromatic heterocycles. The summed E-state index contributed by atoms with van der Waals surface area (Å²) in [5, 5.41) is 12.5. The summed E-state index contributed by atoms with van der Waals surface area (Å²) < 4.78 is 5.74. The first kappa shape index (κ1) is 18.8. The minimum absolute atomic E-state index is 0.152. The van der Waals surface area contributed by atoms with Crippen molar-refractivity contribution in [3.05, 3.63) is 95.1 Å². The van der Waals surface area contributed by atoms with E-state index in [1.54, 1.807) is 12.1 Å². The monoisotopic (exact) mass is 399 g/mol. The Balaban J connectivity index is 1.44. The van der Waals surface area contributed by atoms with Crippen LogP contribution < -0.4 is 5.32 Å². The van der Waals surface area contributed by atoms with Crippen LogP contribution >= 0.6 is 11.8 Å². The summed E-state index contributed by atoms with van der Waals surface area (Å²) >= 11 is 1.46. The molecule has 1 N–H and O–H groups in total.